The average molecular weight is 388 g/mol. The van der Waals surface area contributed by atoms with Crippen LogP contribution in [0.4, 0.5) is 4.79 Å². The summed E-state index contributed by atoms with van der Waals surface area (Å²) in [6.07, 6.45) is 0. The second-order valence-corrected chi connectivity index (χ2v) is 7.36. The highest BCUT2D eigenvalue weighted by molar-refractivity contribution is 7.09. The number of carbonyl (C=O) groups excluding carboxylic acids is 2. The minimum absolute atomic E-state index is 0.0106. The van der Waals surface area contributed by atoms with Crippen molar-refractivity contribution in [3.8, 4) is 5.75 Å². The van der Waals surface area contributed by atoms with Gasteiger partial charge >= 0.3 is 6.03 Å². The molecule has 0 saturated carbocycles. The normalized spacial score (nSPS) is 15.3. The Hall–Kier alpha value is -2.61. The molecule has 2 aromatic rings. The molecule has 3 amide bonds. The van der Waals surface area contributed by atoms with Crippen molar-refractivity contribution in [3.63, 3.8) is 0 Å². The molecular weight excluding hydrogens is 364 g/mol. The van der Waals surface area contributed by atoms with E-state index in [0.717, 1.165) is 10.7 Å². The van der Waals surface area contributed by atoms with E-state index in [4.69, 9.17) is 4.74 Å². The van der Waals surface area contributed by atoms with Crippen LogP contribution in [-0.2, 0) is 4.79 Å². The van der Waals surface area contributed by atoms with Gasteiger partial charge in [-0.15, -0.1) is 11.3 Å². The van der Waals surface area contributed by atoms with Crippen LogP contribution in [0.15, 0.2) is 35.7 Å². The lowest BCUT2D eigenvalue weighted by molar-refractivity contribution is -0.134. The van der Waals surface area contributed by atoms with Gasteiger partial charge in [-0.2, -0.15) is 0 Å². The largest absolute Gasteiger partial charge is 0.484 e. The Kier molecular flexibility index (Phi) is 6.28. The van der Waals surface area contributed by atoms with E-state index in [1.54, 1.807) is 21.1 Å². The third-order valence-electron chi connectivity index (χ3n) is 4.37. The van der Waals surface area contributed by atoms with Crippen molar-refractivity contribution in [1.29, 1.82) is 0 Å². The van der Waals surface area contributed by atoms with Gasteiger partial charge in [0.2, 0.25) is 0 Å². The summed E-state index contributed by atoms with van der Waals surface area (Å²) in [7, 11) is 0. The zero-order chi connectivity index (χ0) is 19.2. The van der Waals surface area contributed by atoms with Gasteiger partial charge in [0, 0.05) is 37.3 Å². The lowest BCUT2D eigenvalue weighted by Gasteiger charge is -2.35. The second kappa shape index (κ2) is 8.85. The molecule has 1 atom stereocenters. The molecule has 0 radical (unpaired) electrons. The van der Waals surface area contributed by atoms with Crippen LogP contribution in [0.3, 0.4) is 0 Å². The van der Waals surface area contributed by atoms with Crippen LogP contribution in [0.5, 0.6) is 5.75 Å². The number of rotatable bonds is 5. The van der Waals surface area contributed by atoms with Gasteiger partial charge in [0.15, 0.2) is 6.61 Å². The van der Waals surface area contributed by atoms with E-state index in [-0.39, 0.29) is 24.6 Å². The van der Waals surface area contributed by atoms with Gasteiger partial charge in [-0.3, -0.25) is 4.79 Å². The standard InChI is InChI=1S/C19H24N4O3S/c1-14-13-27-18(20-14)15(2)21-19(25)23-10-8-22(9-11-23)17(24)12-26-16-6-4-3-5-7-16/h3-7,13,15H,8-12H2,1-2H3,(H,21,25)/t15-/m0/s1. The molecular formula is C19H24N4O3S. The van der Waals surface area contributed by atoms with Gasteiger partial charge in [-0.25, -0.2) is 9.78 Å². The highest BCUT2D eigenvalue weighted by Crippen LogP contribution is 2.18. The van der Waals surface area contributed by atoms with Crippen molar-refractivity contribution < 1.29 is 14.3 Å². The number of amides is 3. The third-order valence-corrected chi connectivity index (χ3v) is 5.52. The van der Waals surface area contributed by atoms with E-state index in [1.165, 1.54) is 0 Å². The number of ether oxygens (including phenoxy) is 1. The van der Waals surface area contributed by atoms with E-state index >= 15 is 0 Å². The van der Waals surface area contributed by atoms with E-state index < -0.39 is 0 Å². The molecule has 2 heterocycles. The number of benzene rings is 1. The number of carbonyl (C=O) groups is 2. The maximum atomic E-state index is 12.4. The van der Waals surface area contributed by atoms with E-state index in [9.17, 15) is 9.59 Å². The summed E-state index contributed by atoms with van der Waals surface area (Å²) in [5.74, 6) is 0.612. The predicted octanol–water partition coefficient (Wildman–Crippen LogP) is 2.45. The smallest absolute Gasteiger partial charge is 0.318 e. The molecule has 0 aliphatic carbocycles. The van der Waals surface area contributed by atoms with Gasteiger partial charge in [0.25, 0.3) is 5.91 Å². The average Bonchev–Trinajstić information content (AvgIpc) is 3.13. The zero-order valence-corrected chi connectivity index (χ0v) is 16.4. The molecule has 0 unspecified atom stereocenters. The van der Waals surface area contributed by atoms with E-state index in [0.29, 0.717) is 31.9 Å². The van der Waals surface area contributed by atoms with Crippen LogP contribution >= 0.6 is 11.3 Å². The third kappa shape index (κ3) is 5.19. The maximum absolute atomic E-state index is 12.4. The first kappa shape index (κ1) is 19.2. The van der Waals surface area contributed by atoms with Crippen LogP contribution in [0.2, 0.25) is 0 Å². The van der Waals surface area contributed by atoms with Crippen LogP contribution in [0.1, 0.15) is 23.7 Å². The minimum Gasteiger partial charge on any atom is -0.484 e. The van der Waals surface area contributed by atoms with Crippen LogP contribution in [0.25, 0.3) is 0 Å². The van der Waals surface area contributed by atoms with Crippen molar-refractivity contribution in [3.05, 3.63) is 46.4 Å². The summed E-state index contributed by atoms with van der Waals surface area (Å²) in [5, 5.41) is 5.84. The number of para-hydroxylation sites is 1. The number of hydrogen-bond donors (Lipinski definition) is 1. The number of hydrogen-bond acceptors (Lipinski definition) is 5. The van der Waals surface area contributed by atoms with Gasteiger partial charge < -0.3 is 19.9 Å². The molecule has 7 nitrogen and oxygen atoms in total. The lowest BCUT2D eigenvalue weighted by atomic mass is 10.3. The van der Waals surface area contributed by atoms with Gasteiger partial charge in [-0.05, 0) is 26.0 Å². The Labute approximate surface area is 162 Å². The molecule has 1 N–H and O–H groups in total. The minimum atomic E-state index is -0.130. The second-order valence-electron chi connectivity index (χ2n) is 6.47. The Balaban J connectivity index is 1.42. The summed E-state index contributed by atoms with van der Waals surface area (Å²) in [5.41, 5.74) is 0.959. The quantitative estimate of drug-likeness (QED) is 0.854. The molecule has 27 heavy (non-hydrogen) atoms. The van der Waals surface area contributed by atoms with Crippen molar-refractivity contribution in [2.45, 2.75) is 19.9 Å². The van der Waals surface area contributed by atoms with Crippen molar-refractivity contribution in [2.75, 3.05) is 32.8 Å². The Morgan fingerprint density at radius 1 is 1.19 bits per heavy atom. The van der Waals surface area contributed by atoms with Gasteiger partial charge in [0.05, 0.1) is 6.04 Å². The zero-order valence-electron chi connectivity index (χ0n) is 15.6. The summed E-state index contributed by atoms with van der Waals surface area (Å²) >= 11 is 1.54. The first-order valence-corrected chi connectivity index (χ1v) is 9.84. The summed E-state index contributed by atoms with van der Waals surface area (Å²) < 4.78 is 5.51. The molecule has 144 valence electrons. The molecule has 1 aromatic carbocycles. The van der Waals surface area contributed by atoms with E-state index in [2.05, 4.69) is 10.3 Å². The van der Waals surface area contributed by atoms with Gasteiger partial charge in [0.1, 0.15) is 10.8 Å². The van der Waals surface area contributed by atoms with Crippen LogP contribution in [0, 0.1) is 6.92 Å². The van der Waals surface area contributed by atoms with Crippen LogP contribution in [-0.4, -0.2) is 59.5 Å². The molecule has 0 spiro atoms. The Morgan fingerprint density at radius 3 is 2.48 bits per heavy atom. The number of nitrogens with one attached hydrogen (secondary N) is 1. The fraction of sp³-hybridized carbons (Fsp3) is 0.421. The number of nitrogens with zero attached hydrogens (tertiary/aromatic N) is 3. The monoisotopic (exact) mass is 388 g/mol. The molecule has 8 heteroatoms. The van der Waals surface area contributed by atoms with Crippen molar-refractivity contribution in [2.24, 2.45) is 0 Å². The molecule has 1 aliphatic heterocycles. The number of urea groups is 1. The summed E-state index contributed by atoms with van der Waals surface area (Å²) in [6, 6.07) is 9.02. The van der Waals surface area contributed by atoms with E-state index in [1.807, 2.05) is 49.6 Å². The number of aryl methyl sites for hydroxylation is 1. The molecule has 1 fully saturated rings. The van der Waals surface area contributed by atoms with Crippen LogP contribution < -0.4 is 10.1 Å². The number of aromatic nitrogens is 1. The first-order valence-electron chi connectivity index (χ1n) is 8.96. The summed E-state index contributed by atoms with van der Waals surface area (Å²) in [4.78, 5) is 32.6. The SMILES string of the molecule is Cc1csc([C@H](C)NC(=O)N2CCN(C(=O)COc3ccccc3)CC2)n1. The van der Waals surface area contributed by atoms with Gasteiger partial charge in [-0.1, -0.05) is 18.2 Å². The highest BCUT2D eigenvalue weighted by Gasteiger charge is 2.25. The Bertz CT molecular complexity index is 772. The topological polar surface area (TPSA) is 74.8 Å². The number of thiazole rings is 1. The van der Waals surface area contributed by atoms with Crippen molar-refractivity contribution >= 4 is 23.3 Å². The Morgan fingerprint density at radius 2 is 1.85 bits per heavy atom. The summed E-state index contributed by atoms with van der Waals surface area (Å²) in [6.45, 7) is 5.91. The molecule has 1 saturated heterocycles. The van der Waals surface area contributed by atoms with Crippen molar-refractivity contribution in [1.82, 2.24) is 20.1 Å². The number of piperazine rings is 1. The molecule has 1 aromatic heterocycles. The highest BCUT2D eigenvalue weighted by atomic mass is 32.1. The maximum Gasteiger partial charge on any atom is 0.318 e. The molecule has 0 bridgehead atoms. The lowest BCUT2D eigenvalue weighted by Crippen LogP contribution is -2.54. The first-order chi connectivity index (χ1) is 13.0. The fourth-order valence-electron chi connectivity index (χ4n) is 2.82. The molecule has 3 rings (SSSR count). The fourth-order valence-corrected chi connectivity index (χ4v) is 3.63. The predicted molar refractivity (Wildman–Crippen MR) is 104 cm³/mol. The molecule has 1 aliphatic rings.